The summed E-state index contributed by atoms with van der Waals surface area (Å²) in [7, 11) is 1.75. The van der Waals surface area contributed by atoms with Crippen molar-refractivity contribution in [2.24, 2.45) is 5.92 Å². The number of methoxy groups -OCH3 is 1. The van der Waals surface area contributed by atoms with Gasteiger partial charge in [0.2, 0.25) is 0 Å². The zero-order valence-electron chi connectivity index (χ0n) is 12.7. The van der Waals surface area contributed by atoms with Crippen molar-refractivity contribution in [1.82, 2.24) is 19.5 Å². The van der Waals surface area contributed by atoms with Crippen LogP contribution in [0, 0.1) is 5.92 Å². The van der Waals surface area contributed by atoms with Gasteiger partial charge >= 0.3 is 0 Å². The van der Waals surface area contributed by atoms with E-state index in [-0.39, 0.29) is 6.23 Å². The van der Waals surface area contributed by atoms with Crippen LogP contribution >= 0.6 is 0 Å². The zero-order chi connectivity index (χ0) is 14.8. The van der Waals surface area contributed by atoms with E-state index >= 15 is 0 Å². The first kappa shape index (κ1) is 14.2. The largest absolute Gasteiger partial charge is 0.361 e. The molecule has 1 aliphatic rings. The first-order valence-electron chi connectivity index (χ1n) is 7.58. The summed E-state index contributed by atoms with van der Waals surface area (Å²) in [5.74, 6) is 0.769. The molecule has 5 heteroatoms. The molecule has 0 amide bonds. The van der Waals surface area contributed by atoms with E-state index in [9.17, 15) is 0 Å². The molecule has 0 radical (unpaired) electrons. The van der Waals surface area contributed by atoms with Gasteiger partial charge in [-0.05, 0) is 38.0 Å². The summed E-state index contributed by atoms with van der Waals surface area (Å²) in [5, 5.41) is 0. The fraction of sp³-hybridized carbons (Fsp3) is 0.562. The van der Waals surface area contributed by atoms with Crippen LogP contribution in [0.15, 0.2) is 24.8 Å². The number of fused-ring (bicyclic) bond motifs is 1. The molecule has 1 saturated carbocycles. The van der Waals surface area contributed by atoms with Gasteiger partial charge in [0.05, 0.1) is 12.0 Å². The number of allylic oxidation sites excluding steroid dienone is 1. The minimum absolute atomic E-state index is 0.0107. The standard InChI is InChI=1S/C16H22N4O/c1-4-13-15-16(18-9-17-13)20(10-19-15)14(21-3)6-5-12-7-11(2)8-12/h9-10,12,14H,2,4-8H2,1,3H3. The fourth-order valence-electron chi connectivity index (χ4n) is 3.08. The van der Waals surface area contributed by atoms with Crippen LogP contribution in [0.3, 0.4) is 0 Å². The molecule has 1 unspecified atom stereocenters. The van der Waals surface area contributed by atoms with Gasteiger partial charge in [0.1, 0.15) is 18.1 Å². The molecule has 1 atom stereocenters. The Bertz CT molecular complexity index is 641. The molecule has 0 saturated heterocycles. The number of aryl methyl sites for hydroxylation is 1. The Morgan fingerprint density at radius 2 is 2.19 bits per heavy atom. The summed E-state index contributed by atoms with van der Waals surface area (Å²) in [6.45, 7) is 6.09. The molecule has 21 heavy (non-hydrogen) atoms. The normalized spacial score (nSPS) is 17.1. The van der Waals surface area contributed by atoms with E-state index in [0.717, 1.165) is 42.0 Å². The first-order valence-corrected chi connectivity index (χ1v) is 7.58. The highest BCUT2D eigenvalue weighted by atomic mass is 16.5. The number of aromatic nitrogens is 4. The van der Waals surface area contributed by atoms with Gasteiger partial charge < -0.3 is 4.74 Å². The van der Waals surface area contributed by atoms with Crippen molar-refractivity contribution in [3.63, 3.8) is 0 Å². The maximum absolute atomic E-state index is 5.66. The SMILES string of the molecule is C=C1CC(CCC(OC)n2cnc3c(CC)ncnc32)C1. The van der Waals surface area contributed by atoms with Crippen LogP contribution in [0.4, 0.5) is 0 Å². The molecule has 0 aliphatic heterocycles. The molecule has 0 N–H and O–H groups in total. The second-order valence-electron chi connectivity index (χ2n) is 5.79. The number of imidazole rings is 1. The van der Waals surface area contributed by atoms with Gasteiger partial charge in [-0.25, -0.2) is 15.0 Å². The molecular weight excluding hydrogens is 264 g/mol. The van der Waals surface area contributed by atoms with Crippen LogP contribution in [0.5, 0.6) is 0 Å². The van der Waals surface area contributed by atoms with Crippen molar-refractivity contribution in [2.75, 3.05) is 7.11 Å². The van der Waals surface area contributed by atoms with E-state index in [0.29, 0.717) is 0 Å². The Kier molecular flexibility index (Phi) is 4.01. The quantitative estimate of drug-likeness (QED) is 0.765. The lowest BCUT2D eigenvalue weighted by atomic mass is 9.78. The maximum Gasteiger partial charge on any atom is 0.165 e. The second-order valence-corrected chi connectivity index (χ2v) is 5.79. The molecule has 0 aromatic carbocycles. The van der Waals surface area contributed by atoms with Gasteiger partial charge in [0.15, 0.2) is 5.65 Å². The molecule has 1 fully saturated rings. The fourth-order valence-corrected chi connectivity index (χ4v) is 3.08. The molecule has 0 spiro atoms. The zero-order valence-corrected chi connectivity index (χ0v) is 12.7. The van der Waals surface area contributed by atoms with Gasteiger partial charge in [-0.2, -0.15) is 0 Å². The lowest BCUT2D eigenvalue weighted by Gasteiger charge is -2.29. The number of hydrogen-bond acceptors (Lipinski definition) is 4. The summed E-state index contributed by atoms with van der Waals surface area (Å²) in [6, 6.07) is 0. The molecule has 2 aromatic heterocycles. The number of nitrogens with zero attached hydrogens (tertiary/aromatic N) is 4. The Balaban J connectivity index is 1.78. The summed E-state index contributed by atoms with van der Waals surface area (Å²) in [6.07, 6.45) is 8.76. The smallest absolute Gasteiger partial charge is 0.165 e. The number of hydrogen-bond donors (Lipinski definition) is 0. The Morgan fingerprint density at radius 1 is 1.38 bits per heavy atom. The lowest BCUT2D eigenvalue weighted by Crippen LogP contribution is -2.17. The minimum atomic E-state index is -0.0107. The van der Waals surface area contributed by atoms with Crippen molar-refractivity contribution in [3.05, 3.63) is 30.5 Å². The van der Waals surface area contributed by atoms with Gasteiger partial charge in [-0.3, -0.25) is 4.57 Å². The molecule has 2 aromatic rings. The van der Waals surface area contributed by atoms with Crippen LogP contribution in [0.2, 0.25) is 0 Å². The topological polar surface area (TPSA) is 52.8 Å². The van der Waals surface area contributed by atoms with Crippen molar-refractivity contribution in [1.29, 1.82) is 0 Å². The molecule has 0 bridgehead atoms. The Labute approximate surface area is 125 Å². The average Bonchev–Trinajstić information content (AvgIpc) is 2.90. The van der Waals surface area contributed by atoms with E-state index in [1.807, 2.05) is 10.9 Å². The van der Waals surface area contributed by atoms with Crippen molar-refractivity contribution in [3.8, 4) is 0 Å². The third-order valence-corrected chi connectivity index (χ3v) is 4.33. The number of ether oxygens (including phenoxy) is 1. The van der Waals surface area contributed by atoms with E-state index in [1.165, 1.54) is 18.4 Å². The second kappa shape index (κ2) is 5.93. The summed E-state index contributed by atoms with van der Waals surface area (Å²) in [4.78, 5) is 13.2. The first-order chi connectivity index (χ1) is 10.2. The molecule has 2 heterocycles. The molecule has 5 nitrogen and oxygen atoms in total. The van der Waals surface area contributed by atoms with Gasteiger partial charge in [-0.15, -0.1) is 0 Å². The van der Waals surface area contributed by atoms with E-state index < -0.39 is 0 Å². The van der Waals surface area contributed by atoms with Gasteiger partial charge in [-0.1, -0.05) is 19.1 Å². The van der Waals surface area contributed by atoms with Crippen molar-refractivity contribution >= 4 is 11.2 Å². The van der Waals surface area contributed by atoms with Crippen LogP contribution in [0.1, 0.15) is 44.5 Å². The van der Waals surface area contributed by atoms with E-state index in [2.05, 4.69) is 28.5 Å². The van der Waals surface area contributed by atoms with Gasteiger partial charge in [0, 0.05) is 7.11 Å². The number of rotatable bonds is 6. The van der Waals surface area contributed by atoms with Crippen molar-refractivity contribution < 1.29 is 4.74 Å². The highest BCUT2D eigenvalue weighted by Gasteiger charge is 2.23. The molecule has 112 valence electrons. The van der Waals surface area contributed by atoms with Crippen LogP contribution in [-0.4, -0.2) is 26.6 Å². The molecule has 3 rings (SSSR count). The van der Waals surface area contributed by atoms with E-state index in [4.69, 9.17) is 4.74 Å². The van der Waals surface area contributed by atoms with E-state index in [1.54, 1.807) is 13.4 Å². The monoisotopic (exact) mass is 286 g/mol. The average molecular weight is 286 g/mol. The summed E-state index contributed by atoms with van der Waals surface area (Å²) < 4.78 is 7.69. The van der Waals surface area contributed by atoms with Crippen LogP contribution < -0.4 is 0 Å². The maximum atomic E-state index is 5.66. The highest BCUT2D eigenvalue weighted by molar-refractivity contribution is 5.73. The minimum Gasteiger partial charge on any atom is -0.361 e. The van der Waals surface area contributed by atoms with Gasteiger partial charge in [0.25, 0.3) is 0 Å². The molecule has 1 aliphatic carbocycles. The third kappa shape index (κ3) is 2.70. The highest BCUT2D eigenvalue weighted by Crippen LogP contribution is 2.36. The summed E-state index contributed by atoms with van der Waals surface area (Å²) >= 11 is 0. The Hall–Kier alpha value is -1.75. The lowest BCUT2D eigenvalue weighted by molar-refractivity contribution is 0.0328. The molecular formula is C16H22N4O. The van der Waals surface area contributed by atoms with Crippen LogP contribution in [-0.2, 0) is 11.2 Å². The van der Waals surface area contributed by atoms with Crippen molar-refractivity contribution in [2.45, 2.75) is 45.3 Å². The predicted molar refractivity (Wildman–Crippen MR) is 81.8 cm³/mol. The Morgan fingerprint density at radius 3 is 2.86 bits per heavy atom. The van der Waals surface area contributed by atoms with Crippen LogP contribution in [0.25, 0.3) is 11.2 Å². The predicted octanol–water partition coefficient (Wildman–Crippen LogP) is 3.28. The third-order valence-electron chi connectivity index (χ3n) is 4.33. The summed E-state index contributed by atoms with van der Waals surface area (Å²) in [5.41, 5.74) is 4.12.